The molecule has 1 heterocycles. The topological polar surface area (TPSA) is 40.5 Å². The molecular formula is C10H19NO2. The lowest BCUT2D eigenvalue weighted by molar-refractivity contribution is -0.128. The second-order valence-electron chi connectivity index (χ2n) is 4.37. The SMILES string of the molecule is CC(=O)N1CCC(CO)(C(C)C)C1. The van der Waals surface area contributed by atoms with Crippen LogP contribution < -0.4 is 0 Å². The number of rotatable bonds is 2. The first-order valence-electron chi connectivity index (χ1n) is 4.88. The number of nitrogens with zero attached hydrogens (tertiary/aromatic N) is 1. The molecule has 0 aromatic rings. The Morgan fingerprint density at radius 1 is 1.62 bits per heavy atom. The van der Waals surface area contributed by atoms with Gasteiger partial charge in [0.05, 0.1) is 6.61 Å². The number of aliphatic hydroxyl groups is 1. The minimum atomic E-state index is -0.0499. The summed E-state index contributed by atoms with van der Waals surface area (Å²) in [6.07, 6.45) is 0.931. The van der Waals surface area contributed by atoms with Gasteiger partial charge in [0, 0.05) is 25.4 Å². The first-order chi connectivity index (χ1) is 6.02. The number of amides is 1. The first kappa shape index (κ1) is 10.5. The van der Waals surface area contributed by atoms with Crippen LogP contribution in [0.1, 0.15) is 27.2 Å². The quantitative estimate of drug-likeness (QED) is 0.693. The zero-order chi connectivity index (χ0) is 10.1. The van der Waals surface area contributed by atoms with E-state index >= 15 is 0 Å². The van der Waals surface area contributed by atoms with E-state index in [2.05, 4.69) is 13.8 Å². The van der Waals surface area contributed by atoms with E-state index in [4.69, 9.17) is 0 Å². The highest BCUT2D eigenvalue weighted by atomic mass is 16.3. The molecule has 0 aliphatic carbocycles. The van der Waals surface area contributed by atoms with Crippen molar-refractivity contribution >= 4 is 5.91 Å². The minimum Gasteiger partial charge on any atom is -0.396 e. The van der Waals surface area contributed by atoms with Crippen LogP contribution in [-0.2, 0) is 4.79 Å². The number of carbonyl (C=O) groups excluding carboxylic acids is 1. The van der Waals surface area contributed by atoms with Gasteiger partial charge in [0.25, 0.3) is 0 Å². The van der Waals surface area contributed by atoms with E-state index in [1.54, 1.807) is 6.92 Å². The molecule has 0 bridgehead atoms. The fourth-order valence-electron chi connectivity index (χ4n) is 1.95. The van der Waals surface area contributed by atoms with Gasteiger partial charge in [-0.05, 0) is 12.3 Å². The molecule has 1 fully saturated rings. The van der Waals surface area contributed by atoms with E-state index in [0.29, 0.717) is 5.92 Å². The molecule has 0 aromatic carbocycles. The first-order valence-corrected chi connectivity index (χ1v) is 4.88. The summed E-state index contributed by atoms with van der Waals surface area (Å²) in [5, 5.41) is 9.35. The van der Waals surface area contributed by atoms with Crippen molar-refractivity contribution < 1.29 is 9.90 Å². The number of aliphatic hydroxyl groups excluding tert-OH is 1. The van der Waals surface area contributed by atoms with Gasteiger partial charge in [-0.2, -0.15) is 0 Å². The molecule has 76 valence electrons. The second kappa shape index (κ2) is 3.66. The van der Waals surface area contributed by atoms with Crippen molar-refractivity contribution in [2.45, 2.75) is 27.2 Å². The Morgan fingerprint density at radius 2 is 2.23 bits per heavy atom. The van der Waals surface area contributed by atoms with E-state index in [1.807, 2.05) is 4.90 Å². The summed E-state index contributed by atoms with van der Waals surface area (Å²) in [6, 6.07) is 0. The van der Waals surface area contributed by atoms with Crippen LogP contribution in [0.2, 0.25) is 0 Å². The lowest BCUT2D eigenvalue weighted by atomic mass is 9.77. The monoisotopic (exact) mass is 185 g/mol. The lowest BCUT2D eigenvalue weighted by Crippen LogP contribution is -2.36. The third-order valence-corrected chi connectivity index (χ3v) is 3.37. The van der Waals surface area contributed by atoms with Crippen LogP contribution in [0.4, 0.5) is 0 Å². The molecule has 13 heavy (non-hydrogen) atoms. The fraction of sp³-hybridized carbons (Fsp3) is 0.900. The molecule has 3 nitrogen and oxygen atoms in total. The molecule has 1 atom stereocenters. The van der Waals surface area contributed by atoms with Crippen LogP contribution in [0, 0.1) is 11.3 Å². The molecule has 1 unspecified atom stereocenters. The molecule has 0 spiro atoms. The molecule has 0 aromatic heterocycles. The fourth-order valence-corrected chi connectivity index (χ4v) is 1.95. The van der Waals surface area contributed by atoms with Gasteiger partial charge in [0.15, 0.2) is 0 Å². The van der Waals surface area contributed by atoms with Gasteiger partial charge in [-0.25, -0.2) is 0 Å². The average molecular weight is 185 g/mol. The summed E-state index contributed by atoms with van der Waals surface area (Å²) in [7, 11) is 0. The molecule has 1 amide bonds. The maximum atomic E-state index is 11.1. The van der Waals surface area contributed by atoms with Gasteiger partial charge in [-0.3, -0.25) is 4.79 Å². The van der Waals surface area contributed by atoms with E-state index in [-0.39, 0.29) is 17.9 Å². The molecule has 0 radical (unpaired) electrons. The molecule has 1 aliphatic rings. The summed E-state index contributed by atoms with van der Waals surface area (Å²) < 4.78 is 0. The maximum Gasteiger partial charge on any atom is 0.219 e. The Balaban J connectivity index is 2.68. The standard InChI is InChI=1S/C10H19NO2/c1-8(2)10(7-12)4-5-11(6-10)9(3)13/h8,12H,4-7H2,1-3H3. The van der Waals surface area contributed by atoms with Gasteiger partial charge in [-0.15, -0.1) is 0 Å². The third kappa shape index (κ3) is 1.85. The number of hydrogen-bond acceptors (Lipinski definition) is 2. The Kier molecular flexibility index (Phi) is 2.96. The number of hydrogen-bond donors (Lipinski definition) is 1. The number of likely N-dealkylation sites (tertiary alicyclic amines) is 1. The Morgan fingerprint density at radius 3 is 2.46 bits per heavy atom. The largest absolute Gasteiger partial charge is 0.396 e. The third-order valence-electron chi connectivity index (χ3n) is 3.37. The molecule has 3 heteroatoms. The lowest BCUT2D eigenvalue weighted by Gasteiger charge is -2.31. The maximum absolute atomic E-state index is 11.1. The zero-order valence-electron chi connectivity index (χ0n) is 8.71. The average Bonchev–Trinajstić information content (AvgIpc) is 2.49. The van der Waals surface area contributed by atoms with Crippen molar-refractivity contribution in [2.75, 3.05) is 19.7 Å². The zero-order valence-corrected chi connectivity index (χ0v) is 8.71. The van der Waals surface area contributed by atoms with E-state index in [9.17, 15) is 9.90 Å². The molecule has 1 aliphatic heterocycles. The van der Waals surface area contributed by atoms with Crippen molar-refractivity contribution in [3.8, 4) is 0 Å². The summed E-state index contributed by atoms with van der Waals surface area (Å²) in [6.45, 7) is 7.52. The Labute approximate surface area is 79.7 Å². The number of carbonyl (C=O) groups is 1. The Hall–Kier alpha value is -0.570. The van der Waals surface area contributed by atoms with Crippen molar-refractivity contribution in [2.24, 2.45) is 11.3 Å². The van der Waals surface area contributed by atoms with Gasteiger partial charge in [0.1, 0.15) is 0 Å². The molecular weight excluding hydrogens is 166 g/mol. The van der Waals surface area contributed by atoms with Gasteiger partial charge < -0.3 is 10.0 Å². The van der Waals surface area contributed by atoms with Crippen LogP contribution in [0.5, 0.6) is 0 Å². The molecule has 1 saturated heterocycles. The van der Waals surface area contributed by atoms with Gasteiger partial charge >= 0.3 is 0 Å². The van der Waals surface area contributed by atoms with Gasteiger partial charge in [-0.1, -0.05) is 13.8 Å². The minimum absolute atomic E-state index is 0.0499. The van der Waals surface area contributed by atoms with Crippen LogP contribution in [-0.4, -0.2) is 35.6 Å². The van der Waals surface area contributed by atoms with Crippen LogP contribution in [0.3, 0.4) is 0 Å². The van der Waals surface area contributed by atoms with E-state index < -0.39 is 0 Å². The van der Waals surface area contributed by atoms with Crippen molar-refractivity contribution in [1.29, 1.82) is 0 Å². The van der Waals surface area contributed by atoms with E-state index in [1.165, 1.54) is 0 Å². The Bertz CT molecular complexity index is 203. The summed E-state index contributed by atoms with van der Waals surface area (Å²) in [5.41, 5.74) is -0.0499. The predicted octanol–water partition coefficient (Wildman–Crippen LogP) is 0.873. The predicted molar refractivity (Wildman–Crippen MR) is 51.2 cm³/mol. The van der Waals surface area contributed by atoms with E-state index in [0.717, 1.165) is 19.5 Å². The molecule has 1 N–H and O–H groups in total. The smallest absolute Gasteiger partial charge is 0.219 e. The highest BCUT2D eigenvalue weighted by Gasteiger charge is 2.40. The van der Waals surface area contributed by atoms with Crippen LogP contribution in [0.15, 0.2) is 0 Å². The summed E-state index contributed by atoms with van der Waals surface area (Å²) >= 11 is 0. The summed E-state index contributed by atoms with van der Waals surface area (Å²) in [4.78, 5) is 12.9. The molecule has 0 saturated carbocycles. The normalized spacial score (nSPS) is 28.5. The molecule has 1 rings (SSSR count). The van der Waals surface area contributed by atoms with Crippen LogP contribution in [0.25, 0.3) is 0 Å². The van der Waals surface area contributed by atoms with Crippen LogP contribution >= 0.6 is 0 Å². The highest BCUT2D eigenvalue weighted by Crippen LogP contribution is 2.37. The summed E-state index contributed by atoms with van der Waals surface area (Å²) in [5.74, 6) is 0.554. The highest BCUT2D eigenvalue weighted by molar-refractivity contribution is 5.73. The van der Waals surface area contributed by atoms with Gasteiger partial charge in [0.2, 0.25) is 5.91 Å². The van der Waals surface area contributed by atoms with Crippen molar-refractivity contribution in [1.82, 2.24) is 4.90 Å². The van der Waals surface area contributed by atoms with Crippen molar-refractivity contribution in [3.05, 3.63) is 0 Å². The second-order valence-corrected chi connectivity index (χ2v) is 4.37. The van der Waals surface area contributed by atoms with Crippen molar-refractivity contribution in [3.63, 3.8) is 0 Å².